The Morgan fingerprint density at radius 2 is 1.93 bits per heavy atom. The number of H-pyrrole nitrogens is 1. The number of ether oxygens (including phenoxy) is 2. The molecule has 0 amide bonds. The molecular weight excluding hydrogens is 402 g/mol. The zero-order valence-corrected chi connectivity index (χ0v) is 13.9. The van der Waals surface area contributed by atoms with Crippen LogP contribution in [0.5, 0.6) is 17.5 Å². The summed E-state index contributed by atoms with van der Waals surface area (Å²) in [6.07, 6.45) is -5.09. The molecule has 0 spiro atoms. The van der Waals surface area contributed by atoms with Crippen molar-refractivity contribution in [3.8, 4) is 29.4 Å². The first kappa shape index (κ1) is 19.5. The highest BCUT2D eigenvalue weighted by Crippen LogP contribution is 2.29. The van der Waals surface area contributed by atoms with E-state index in [1.807, 2.05) is 0 Å². The van der Waals surface area contributed by atoms with Crippen LogP contribution in [0.25, 0.3) is 0 Å². The average molecular weight is 409 g/mol. The Hall–Kier alpha value is -4.21. The number of carboxylic acids is 1. The van der Waals surface area contributed by atoms with Crippen LogP contribution in [0.1, 0.15) is 21.7 Å². The van der Waals surface area contributed by atoms with Crippen LogP contribution in [-0.4, -0.2) is 43.0 Å². The van der Waals surface area contributed by atoms with Gasteiger partial charge < -0.3 is 14.6 Å². The zero-order chi connectivity index (χ0) is 21.0. The molecule has 3 rings (SSSR count). The van der Waals surface area contributed by atoms with Gasteiger partial charge in [0.15, 0.2) is 11.4 Å². The molecule has 13 heteroatoms. The Balaban J connectivity index is 1.95. The number of hydrogen-bond acceptors (Lipinski definition) is 7. The second-order valence-corrected chi connectivity index (χ2v) is 5.10. The molecule has 2 N–H and O–H groups in total. The highest BCUT2D eigenvalue weighted by molar-refractivity contribution is 5.87. The fraction of sp³-hybridized carbons (Fsp3) is 0.0625. The van der Waals surface area contributed by atoms with Gasteiger partial charge in [-0.25, -0.2) is 14.3 Å². The predicted octanol–water partition coefficient (Wildman–Crippen LogP) is 2.52. The summed E-state index contributed by atoms with van der Waals surface area (Å²) in [5.41, 5.74) is -0.958. The molecule has 0 aliphatic rings. The Bertz CT molecular complexity index is 1120. The van der Waals surface area contributed by atoms with Crippen LogP contribution < -0.4 is 9.47 Å². The number of nitrogens with one attached hydrogen (secondary N) is 1. The molecule has 2 aromatic heterocycles. The van der Waals surface area contributed by atoms with Crippen molar-refractivity contribution in [3.05, 3.63) is 53.1 Å². The molecule has 0 fully saturated rings. The molecule has 29 heavy (non-hydrogen) atoms. The number of hydrogen-bond donors (Lipinski definition) is 2. The molecule has 0 atom stereocenters. The number of carbonyl (C=O) groups is 1. The number of benzene rings is 1. The van der Waals surface area contributed by atoms with E-state index in [1.165, 1.54) is 18.2 Å². The van der Waals surface area contributed by atoms with E-state index >= 15 is 0 Å². The number of halogens is 4. The highest BCUT2D eigenvalue weighted by Gasteiger charge is 2.33. The first-order valence-electron chi connectivity index (χ1n) is 7.44. The summed E-state index contributed by atoms with van der Waals surface area (Å²) in [6, 6.07) is 5.74. The minimum Gasteiger partial charge on any atom is -0.476 e. The van der Waals surface area contributed by atoms with Crippen LogP contribution in [0.3, 0.4) is 0 Å². The maximum atomic E-state index is 13.2. The summed E-state index contributed by atoms with van der Waals surface area (Å²) < 4.78 is 60.2. The first-order valence-corrected chi connectivity index (χ1v) is 7.44. The summed E-state index contributed by atoms with van der Waals surface area (Å²) in [5.74, 6) is 0.758. The number of aromatic carboxylic acids is 1. The van der Waals surface area contributed by atoms with Gasteiger partial charge in [0, 0.05) is 11.6 Å². The van der Waals surface area contributed by atoms with E-state index in [9.17, 15) is 22.4 Å². The molecule has 0 bridgehead atoms. The van der Waals surface area contributed by atoms with E-state index < -0.39 is 47.0 Å². The van der Waals surface area contributed by atoms with E-state index in [1.54, 1.807) is 0 Å². The molecule has 148 valence electrons. The predicted molar refractivity (Wildman–Crippen MR) is 84.5 cm³/mol. The van der Waals surface area contributed by atoms with Gasteiger partial charge in [-0.15, -0.1) is 28.5 Å². The number of aromatic amines is 1. The fourth-order valence-electron chi connectivity index (χ4n) is 1.93. The normalized spacial score (nSPS) is 10.8. The van der Waals surface area contributed by atoms with Gasteiger partial charge in [-0.3, -0.25) is 0 Å². The van der Waals surface area contributed by atoms with Crippen molar-refractivity contribution in [1.29, 1.82) is 0 Å². The molecule has 0 radical (unpaired) electrons. The molecule has 3 aromatic rings. The summed E-state index contributed by atoms with van der Waals surface area (Å²) in [7, 11) is 0. The van der Waals surface area contributed by atoms with Gasteiger partial charge in [0.05, 0.1) is 0 Å². The molecule has 0 saturated heterocycles. The Morgan fingerprint density at radius 1 is 1.14 bits per heavy atom. The number of nitrogens with zero attached hydrogens (tertiary/aromatic N) is 4. The lowest BCUT2D eigenvalue weighted by Gasteiger charge is -2.10. The van der Waals surface area contributed by atoms with Gasteiger partial charge in [-0.1, -0.05) is 17.2 Å². The topological polar surface area (TPSA) is 123 Å². The third-order valence-corrected chi connectivity index (χ3v) is 3.04. The molecule has 0 saturated carbocycles. The van der Waals surface area contributed by atoms with Crippen molar-refractivity contribution in [1.82, 2.24) is 25.6 Å². The van der Waals surface area contributed by atoms with Gasteiger partial charge in [0.2, 0.25) is 11.6 Å². The second-order valence-electron chi connectivity index (χ2n) is 5.10. The van der Waals surface area contributed by atoms with Crippen molar-refractivity contribution >= 4 is 5.97 Å². The van der Waals surface area contributed by atoms with E-state index in [2.05, 4.69) is 42.2 Å². The lowest BCUT2D eigenvalue weighted by molar-refractivity contribution is -0.274. The SMILES string of the molecule is O=C(O)c1nn[nH]c1Oc1cc(OC(F)(F)F)c(C#Cc2cccc(F)c2)nn1. The van der Waals surface area contributed by atoms with Crippen LogP contribution >= 0.6 is 0 Å². The Kier molecular flexibility index (Phi) is 5.26. The van der Waals surface area contributed by atoms with Crippen LogP contribution in [0, 0.1) is 17.7 Å². The summed E-state index contributed by atoms with van der Waals surface area (Å²) >= 11 is 0. The number of carboxylic acid groups (broad SMARTS) is 1. The van der Waals surface area contributed by atoms with Gasteiger partial charge in [-0.2, -0.15) is 0 Å². The lowest BCUT2D eigenvalue weighted by Crippen LogP contribution is -2.18. The maximum Gasteiger partial charge on any atom is 0.573 e. The van der Waals surface area contributed by atoms with E-state index in [4.69, 9.17) is 9.84 Å². The van der Waals surface area contributed by atoms with E-state index in [0.29, 0.717) is 6.07 Å². The Morgan fingerprint density at radius 3 is 2.62 bits per heavy atom. The van der Waals surface area contributed by atoms with Crippen LogP contribution in [0.2, 0.25) is 0 Å². The van der Waals surface area contributed by atoms with Crippen molar-refractivity contribution in [2.24, 2.45) is 0 Å². The average Bonchev–Trinajstić information content (AvgIpc) is 3.08. The van der Waals surface area contributed by atoms with Crippen molar-refractivity contribution in [2.75, 3.05) is 0 Å². The van der Waals surface area contributed by atoms with Crippen LogP contribution in [0.15, 0.2) is 30.3 Å². The molecular formula is C16H7F4N5O4. The van der Waals surface area contributed by atoms with Crippen LogP contribution in [0.4, 0.5) is 17.6 Å². The quantitative estimate of drug-likeness (QED) is 0.498. The zero-order valence-electron chi connectivity index (χ0n) is 13.9. The molecule has 2 heterocycles. The molecule has 0 unspecified atom stereocenters. The van der Waals surface area contributed by atoms with E-state index in [-0.39, 0.29) is 5.56 Å². The van der Waals surface area contributed by atoms with Gasteiger partial charge in [0.25, 0.3) is 5.88 Å². The van der Waals surface area contributed by atoms with E-state index in [0.717, 1.165) is 6.07 Å². The van der Waals surface area contributed by atoms with Gasteiger partial charge in [0.1, 0.15) is 5.82 Å². The fourth-order valence-corrected chi connectivity index (χ4v) is 1.93. The highest BCUT2D eigenvalue weighted by atomic mass is 19.4. The third kappa shape index (κ3) is 5.16. The number of aromatic nitrogens is 5. The first-order chi connectivity index (χ1) is 13.7. The number of alkyl halides is 3. The second kappa shape index (κ2) is 7.80. The maximum absolute atomic E-state index is 13.2. The Labute approximate surface area is 158 Å². The minimum atomic E-state index is -5.09. The standard InChI is InChI=1S/C16H7F4N5O4/c17-9-3-1-2-8(6-9)4-5-10-11(29-16(18,19)20)7-12(22-21-10)28-14-13(15(26)27)23-25-24-14/h1-3,6-7H,(H,26,27)(H,23,24,25). The summed E-state index contributed by atoms with van der Waals surface area (Å²) in [4.78, 5) is 11.0. The molecule has 9 nitrogen and oxygen atoms in total. The largest absolute Gasteiger partial charge is 0.573 e. The number of rotatable bonds is 4. The smallest absolute Gasteiger partial charge is 0.476 e. The summed E-state index contributed by atoms with van der Waals surface area (Å²) in [5, 5.41) is 24.5. The third-order valence-electron chi connectivity index (χ3n) is 3.04. The van der Waals surface area contributed by atoms with Crippen molar-refractivity contribution < 1.29 is 36.9 Å². The molecule has 0 aliphatic carbocycles. The van der Waals surface area contributed by atoms with Crippen LogP contribution in [-0.2, 0) is 0 Å². The van der Waals surface area contributed by atoms with Gasteiger partial charge in [-0.05, 0) is 24.1 Å². The van der Waals surface area contributed by atoms with Crippen molar-refractivity contribution in [2.45, 2.75) is 6.36 Å². The molecule has 1 aromatic carbocycles. The lowest BCUT2D eigenvalue weighted by atomic mass is 10.2. The van der Waals surface area contributed by atoms with Gasteiger partial charge >= 0.3 is 12.3 Å². The van der Waals surface area contributed by atoms with Crippen molar-refractivity contribution in [3.63, 3.8) is 0 Å². The minimum absolute atomic E-state index is 0.180. The summed E-state index contributed by atoms with van der Waals surface area (Å²) in [6.45, 7) is 0. The monoisotopic (exact) mass is 409 g/mol. The molecule has 0 aliphatic heterocycles.